The second-order valence-corrected chi connectivity index (χ2v) is 16.8. The van der Waals surface area contributed by atoms with Crippen LogP contribution < -0.4 is 5.32 Å². The second-order valence-electron chi connectivity index (χ2n) is 16.8. The number of amidine groups is 1. The van der Waals surface area contributed by atoms with Crippen LogP contribution in [0.15, 0.2) is 226 Å². The number of benzene rings is 9. The normalized spacial score (nSPS) is 14.3. The molecular formula is C59H39N3O2. The third-order valence-electron chi connectivity index (χ3n) is 13.1. The van der Waals surface area contributed by atoms with Crippen LogP contribution in [0, 0.1) is 0 Å². The zero-order chi connectivity index (χ0) is 42.3. The standard InChI is InChI=1S/C59H39N3O2/c1-36-57(37-14-5-2-6-15-37)60-59(38-16-7-3-8-17-38)61-58(36)45-21-13-23-55-56(45)49-35-42(27-31-54(49)64-55)40-25-29-51-47(33-40)46-32-39(24-28-50(46)62(51)43-18-9-4-10-19-43)41-26-30-53-48(34-41)44-20-11-12-22-52(44)63-53/h2-35,58H,1H3,(H,60,61). The van der Waals surface area contributed by atoms with Gasteiger partial charge in [-0.05, 0) is 119 Å². The van der Waals surface area contributed by atoms with Crippen LogP contribution in [0.25, 0.3) is 99.3 Å². The molecule has 1 unspecified atom stereocenters. The minimum atomic E-state index is -0.234. The maximum Gasteiger partial charge on any atom is 0.135 e. The van der Waals surface area contributed by atoms with E-state index in [1.54, 1.807) is 0 Å². The summed E-state index contributed by atoms with van der Waals surface area (Å²) < 4.78 is 15.2. The number of nitrogens with zero attached hydrogens (tertiary/aromatic N) is 2. The molecule has 0 radical (unpaired) electrons. The number of fused-ring (bicyclic) bond motifs is 9. The van der Waals surface area contributed by atoms with E-state index < -0.39 is 0 Å². The van der Waals surface area contributed by atoms with Crippen LogP contribution in [0.4, 0.5) is 0 Å². The minimum absolute atomic E-state index is 0.234. The van der Waals surface area contributed by atoms with Gasteiger partial charge in [0.2, 0.25) is 0 Å². The van der Waals surface area contributed by atoms with Crippen molar-refractivity contribution in [1.29, 1.82) is 0 Å². The molecule has 0 saturated carbocycles. The number of hydrogen-bond donors (Lipinski definition) is 1. The maximum absolute atomic E-state index is 6.62. The number of aliphatic imine (C=N–C) groups is 1. The third-order valence-corrected chi connectivity index (χ3v) is 13.1. The van der Waals surface area contributed by atoms with E-state index in [0.29, 0.717) is 0 Å². The summed E-state index contributed by atoms with van der Waals surface area (Å²) in [6, 6.07) is 72.9. The summed E-state index contributed by atoms with van der Waals surface area (Å²) >= 11 is 0. The number of nitrogens with one attached hydrogen (secondary N) is 1. The average Bonchev–Trinajstić information content (AvgIpc) is 4.03. The number of para-hydroxylation sites is 2. The number of hydrogen-bond acceptors (Lipinski definition) is 4. The summed E-state index contributed by atoms with van der Waals surface area (Å²) in [6.45, 7) is 2.20. The summed E-state index contributed by atoms with van der Waals surface area (Å²) in [5.74, 6) is 0.849. The van der Waals surface area contributed by atoms with Crippen molar-refractivity contribution in [2.75, 3.05) is 0 Å². The Hall–Kier alpha value is -8.41. The molecule has 1 atom stereocenters. The van der Waals surface area contributed by atoms with Gasteiger partial charge in [0.15, 0.2) is 0 Å². The molecule has 9 aromatic carbocycles. The number of aromatic nitrogens is 1. The smallest absolute Gasteiger partial charge is 0.135 e. The van der Waals surface area contributed by atoms with Gasteiger partial charge in [0.05, 0.1) is 11.0 Å². The molecule has 1 aliphatic rings. The van der Waals surface area contributed by atoms with Crippen LogP contribution in [-0.4, -0.2) is 10.4 Å². The Kier molecular flexibility index (Phi) is 8.12. The fraction of sp³-hybridized carbons (Fsp3) is 0.0339. The van der Waals surface area contributed by atoms with E-state index in [1.165, 1.54) is 10.8 Å². The van der Waals surface area contributed by atoms with Crippen molar-refractivity contribution in [2.45, 2.75) is 13.0 Å². The SMILES string of the molecule is CC1=C(c2ccccc2)NC(c2ccccc2)=NC1c1cccc2oc3ccc(-c4ccc5c(c4)c4cc(-c6ccc7oc8ccccc8c7c6)ccc4n5-c4ccccc4)cc3c12. The molecule has 5 heteroatoms. The van der Waals surface area contributed by atoms with Crippen molar-refractivity contribution in [1.82, 2.24) is 9.88 Å². The van der Waals surface area contributed by atoms with E-state index in [1.807, 2.05) is 18.2 Å². The van der Waals surface area contributed by atoms with Gasteiger partial charge in [-0.2, -0.15) is 0 Å². The lowest BCUT2D eigenvalue weighted by Gasteiger charge is -2.28. The summed E-state index contributed by atoms with van der Waals surface area (Å²) in [5, 5.41) is 10.5. The zero-order valence-corrected chi connectivity index (χ0v) is 34.9. The molecule has 0 bridgehead atoms. The topological polar surface area (TPSA) is 55.6 Å². The first-order valence-corrected chi connectivity index (χ1v) is 21.8. The monoisotopic (exact) mass is 821 g/mol. The minimum Gasteiger partial charge on any atom is -0.456 e. The fourth-order valence-electron chi connectivity index (χ4n) is 9.97. The molecule has 0 amide bonds. The summed E-state index contributed by atoms with van der Waals surface area (Å²) in [6.07, 6.45) is 0. The first-order valence-electron chi connectivity index (χ1n) is 21.8. The first-order chi connectivity index (χ1) is 31.6. The van der Waals surface area contributed by atoms with E-state index in [2.05, 4.69) is 205 Å². The lowest BCUT2D eigenvalue weighted by Crippen LogP contribution is -2.29. The molecular weight excluding hydrogens is 783 g/mol. The summed E-state index contributed by atoms with van der Waals surface area (Å²) in [7, 11) is 0. The fourth-order valence-corrected chi connectivity index (χ4v) is 9.97. The largest absolute Gasteiger partial charge is 0.456 e. The molecule has 13 rings (SSSR count). The van der Waals surface area contributed by atoms with Crippen molar-refractivity contribution in [3.8, 4) is 27.9 Å². The van der Waals surface area contributed by atoms with Gasteiger partial charge in [0.1, 0.15) is 34.2 Å². The Bertz CT molecular complexity index is 3870. The van der Waals surface area contributed by atoms with E-state index in [4.69, 9.17) is 13.8 Å². The Morgan fingerprint density at radius 2 is 0.938 bits per heavy atom. The summed E-state index contributed by atoms with van der Waals surface area (Å²) in [5.41, 5.74) is 17.0. The molecule has 4 heterocycles. The molecule has 302 valence electrons. The lowest BCUT2D eigenvalue weighted by atomic mass is 9.90. The van der Waals surface area contributed by atoms with Gasteiger partial charge >= 0.3 is 0 Å². The Balaban J connectivity index is 0.978. The highest BCUT2D eigenvalue weighted by Crippen LogP contribution is 2.44. The van der Waals surface area contributed by atoms with Crippen LogP contribution in [0.1, 0.15) is 29.7 Å². The van der Waals surface area contributed by atoms with Crippen LogP contribution >= 0.6 is 0 Å². The van der Waals surface area contributed by atoms with Gasteiger partial charge in [0.25, 0.3) is 0 Å². The molecule has 5 nitrogen and oxygen atoms in total. The average molecular weight is 822 g/mol. The van der Waals surface area contributed by atoms with Gasteiger partial charge in [-0.15, -0.1) is 0 Å². The molecule has 0 saturated heterocycles. The van der Waals surface area contributed by atoms with Gasteiger partial charge in [0, 0.05) is 49.3 Å². The Labute approximate surface area is 368 Å². The highest BCUT2D eigenvalue weighted by Gasteiger charge is 2.27. The molecule has 3 aromatic heterocycles. The van der Waals surface area contributed by atoms with E-state index in [0.717, 1.165) is 117 Å². The molecule has 12 aromatic rings. The van der Waals surface area contributed by atoms with E-state index in [-0.39, 0.29) is 6.04 Å². The van der Waals surface area contributed by atoms with E-state index >= 15 is 0 Å². The third kappa shape index (κ3) is 5.75. The Morgan fingerprint density at radius 1 is 0.422 bits per heavy atom. The van der Waals surface area contributed by atoms with E-state index in [9.17, 15) is 0 Å². The zero-order valence-electron chi connectivity index (χ0n) is 34.9. The molecule has 0 fully saturated rings. The molecule has 64 heavy (non-hydrogen) atoms. The van der Waals surface area contributed by atoms with Crippen LogP contribution in [0.3, 0.4) is 0 Å². The van der Waals surface area contributed by atoms with Gasteiger partial charge < -0.3 is 18.7 Å². The predicted octanol–water partition coefficient (Wildman–Crippen LogP) is 15.4. The number of furan rings is 2. The molecule has 0 aliphatic carbocycles. The van der Waals surface area contributed by atoms with Crippen LogP contribution in [0.2, 0.25) is 0 Å². The quantitative estimate of drug-likeness (QED) is 0.182. The van der Waals surface area contributed by atoms with Crippen LogP contribution in [0.5, 0.6) is 0 Å². The van der Waals surface area contributed by atoms with Gasteiger partial charge in [-0.25, -0.2) is 0 Å². The van der Waals surface area contributed by atoms with Crippen LogP contribution in [-0.2, 0) is 0 Å². The maximum atomic E-state index is 6.62. The predicted molar refractivity (Wildman–Crippen MR) is 264 cm³/mol. The first kappa shape index (κ1) is 36.3. The van der Waals surface area contributed by atoms with Crippen molar-refractivity contribution < 1.29 is 8.83 Å². The number of rotatable bonds is 6. The van der Waals surface area contributed by atoms with Crippen molar-refractivity contribution in [3.63, 3.8) is 0 Å². The Morgan fingerprint density at radius 3 is 1.62 bits per heavy atom. The molecule has 1 aliphatic heterocycles. The lowest BCUT2D eigenvalue weighted by molar-refractivity contribution is 0.668. The van der Waals surface area contributed by atoms with Crippen molar-refractivity contribution in [2.24, 2.45) is 4.99 Å². The highest BCUT2D eigenvalue weighted by molar-refractivity contribution is 6.14. The van der Waals surface area contributed by atoms with Gasteiger partial charge in [-0.1, -0.05) is 133 Å². The summed E-state index contributed by atoms with van der Waals surface area (Å²) in [4.78, 5) is 5.44. The van der Waals surface area contributed by atoms with Crippen molar-refractivity contribution >= 4 is 77.2 Å². The highest BCUT2D eigenvalue weighted by atomic mass is 16.3. The molecule has 0 spiro atoms. The van der Waals surface area contributed by atoms with Crippen molar-refractivity contribution in [3.05, 3.63) is 229 Å². The van der Waals surface area contributed by atoms with Gasteiger partial charge in [-0.3, -0.25) is 4.99 Å². The second kappa shape index (κ2) is 14.3. The molecule has 1 N–H and O–H groups in total.